The van der Waals surface area contributed by atoms with Crippen LogP contribution >= 0.6 is 0 Å². The summed E-state index contributed by atoms with van der Waals surface area (Å²) in [5.41, 5.74) is 3.83. The van der Waals surface area contributed by atoms with Crippen LogP contribution in [0.25, 0.3) is 16.7 Å². The summed E-state index contributed by atoms with van der Waals surface area (Å²) in [6.07, 6.45) is 1.36. The first kappa shape index (κ1) is 11.1. The highest BCUT2D eigenvalue weighted by Crippen LogP contribution is 2.28. The predicted octanol–water partition coefficient (Wildman–Crippen LogP) is 3.75. The zero-order valence-electron chi connectivity index (χ0n) is 9.39. The van der Waals surface area contributed by atoms with E-state index in [9.17, 15) is 4.79 Å². The Hall–Kier alpha value is -2.37. The van der Waals surface area contributed by atoms with E-state index >= 15 is 0 Å². The number of carbonyl (C=O) groups excluding carboxylic acids is 1. The van der Waals surface area contributed by atoms with Crippen molar-refractivity contribution >= 4 is 11.5 Å². The van der Waals surface area contributed by atoms with Crippen LogP contribution in [0.4, 0.5) is 0 Å². The number of hydrogen-bond acceptors (Lipinski definition) is 1. The molecule has 0 aliphatic heterocycles. The summed E-state index contributed by atoms with van der Waals surface area (Å²) in [7, 11) is 0. The highest BCUT2D eigenvalue weighted by molar-refractivity contribution is 5.87. The van der Waals surface area contributed by atoms with Gasteiger partial charge in [0.25, 0.3) is 0 Å². The van der Waals surface area contributed by atoms with Crippen molar-refractivity contribution in [3.05, 3.63) is 72.8 Å². The summed E-state index contributed by atoms with van der Waals surface area (Å²) in [5, 5.41) is 0. The van der Waals surface area contributed by atoms with Crippen LogP contribution in [-0.4, -0.2) is 5.94 Å². The second kappa shape index (κ2) is 5.11. The molecule has 0 bridgehead atoms. The number of benzene rings is 2. The monoisotopic (exact) mass is 220 g/mol. The molecule has 0 radical (unpaired) electrons. The molecule has 1 nitrogen and oxygen atoms in total. The Morgan fingerprint density at radius 1 is 1.00 bits per heavy atom. The van der Waals surface area contributed by atoms with Gasteiger partial charge in [0.2, 0.25) is 0 Å². The zero-order chi connectivity index (χ0) is 12.1. The van der Waals surface area contributed by atoms with Crippen LogP contribution in [0.1, 0.15) is 5.56 Å². The maximum Gasteiger partial charge on any atom is 0.125 e. The Morgan fingerprint density at radius 2 is 1.65 bits per heavy atom. The molecule has 0 aliphatic carbocycles. The van der Waals surface area contributed by atoms with Crippen LogP contribution in [0.3, 0.4) is 0 Å². The Morgan fingerprint density at radius 3 is 2.35 bits per heavy atom. The second-order valence-corrected chi connectivity index (χ2v) is 3.70. The lowest BCUT2D eigenvalue weighted by Gasteiger charge is -2.08. The van der Waals surface area contributed by atoms with Gasteiger partial charge in [0, 0.05) is 6.08 Å². The average molecular weight is 220 g/mol. The lowest BCUT2D eigenvalue weighted by molar-refractivity contribution is 0.569. The Balaban J connectivity index is 2.56. The molecule has 0 spiro atoms. The molecule has 0 fully saturated rings. The molecule has 2 aromatic rings. The van der Waals surface area contributed by atoms with Crippen molar-refractivity contribution < 1.29 is 4.79 Å². The molecule has 0 saturated carbocycles. The predicted molar refractivity (Wildman–Crippen MR) is 71.2 cm³/mol. The first-order chi connectivity index (χ1) is 8.33. The molecule has 0 saturated heterocycles. The van der Waals surface area contributed by atoms with Gasteiger partial charge in [-0.2, -0.15) is 0 Å². The van der Waals surface area contributed by atoms with E-state index in [0.717, 1.165) is 16.7 Å². The van der Waals surface area contributed by atoms with Crippen LogP contribution in [-0.2, 0) is 4.79 Å². The fraction of sp³-hybridized carbons (Fsp3) is 0. The van der Waals surface area contributed by atoms with Crippen LogP contribution in [0.5, 0.6) is 0 Å². The smallest absolute Gasteiger partial charge is 0.125 e. The highest BCUT2D eigenvalue weighted by atomic mass is 16.1. The SMILES string of the molecule is C=C(C=C=O)c1ccccc1-c1ccccc1. The molecule has 2 aromatic carbocycles. The van der Waals surface area contributed by atoms with Gasteiger partial charge in [0.15, 0.2) is 0 Å². The van der Waals surface area contributed by atoms with Crippen molar-refractivity contribution in [3.8, 4) is 11.1 Å². The van der Waals surface area contributed by atoms with E-state index in [4.69, 9.17) is 0 Å². The fourth-order valence-corrected chi connectivity index (χ4v) is 1.78. The molecule has 2 rings (SSSR count). The molecule has 0 heterocycles. The van der Waals surface area contributed by atoms with Gasteiger partial charge in [-0.25, -0.2) is 4.79 Å². The summed E-state index contributed by atoms with van der Waals surface area (Å²) in [6, 6.07) is 17.9. The first-order valence-electron chi connectivity index (χ1n) is 5.37. The van der Waals surface area contributed by atoms with Gasteiger partial charge < -0.3 is 0 Å². The van der Waals surface area contributed by atoms with Crippen molar-refractivity contribution in [3.63, 3.8) is 0 Å². The summed E-state index contributed by atoms with van der Waals surface area (Å²) in [4.78, 5) is 10.4. The molecule has 0 aromatic heterocycles. The summed E-state index contributed by atoms with van der Waals surface area (Å²) < 4.78 is 0. The molecule has 0 atom stereocenters. The highest BCUT2D eigenvalue weighted by Gasteiger charge is 2.05. The Kier molecular flexibility index (Phi) is 3.34. The van der Waals surface area contributed by atoms with Crippen molar-refractivity contribution in [2.75, 3.05) is 0 Å². The maximum absolute atomic E-state index is 10.4. The van der Waals surface area contributed by atoms with Crippen LogP contribution < -0.4 is 0 Å². The number of allylic oxidation sites excluding steroid dienone is 2. The van der Waals surface area contributed by atoms with Gasteiger partial charge in [-0.1, -0.05) is 61.2 Å². The second-order valence-electron chi connectivity index (χ2n) is 3.70. The van der Waals surface area contributed by atoms with Gasteiger partial charge in [-0.3, -0.25) is 0 Å². The Labute approximate surface area is 101 Å². The standard InChI is InChI=1S/C16H12O/c1-13(11-12-17)15-9-5-6-10-16(15)14-7-3-2-4-8-14/h2-11H,1H2. The van der Waals surface area contributed by atoms with Crippen molar-refractivity contribution in [1.82, 2.24) is 0 Å². The molecular formula is C16H12O. The minimum atomic E-state index is 0.680. The fourth-order valence-electron chi connectivity index (χ4n) is 1.78. The van der Waals surface area contributed by atoms with Crippen molar-refractivity contribution in [1.29, 1.82) is 0 Å². The van der Waals surface area contributed by atoms with E-state index in [2.05, 4.69) is 6.58 Å². The van der Waals surface area contributed by atoms with E-state index in [-0.39, 0.29) is 0 Å². The Bertz CT molecular complexity index is 575. The van der Waals surface area contributed by atoms with Gasteiger partial charge in [0.05, 0.1) is 0 Å². The molecule has 82 valence electrons. The van der Waals surface area contributed by atoms with Crippen LogP contribution in [0, 0.1) is 0 Å². The van der Waals surface area contributed by atoms with Gasteiger partial charge >= 0.3 is 0 Å². The van der Waals surface area contributed by atoms with Gasteiger partial charge in [-0.05, 0) is 22.3 Å². The molecular weight excluding hydrogens is 208 g/mol. The van der Waals surface area contributed by atoms with E-state index in [1.807, 2.05) is 54.6 Å². The van der Waals surface area contributed by atoms with E-state index in [1.54, 1.807) is 5.94 Å². The van der Waals surface area contributed by atoms with Gasteiger partial charge in [0.1, 0.15) is 5.94 Å². The quantitative estimate of drug-likeness (QED) is 0.568. The molecule has 0 N–H and O–H groups in total. The summed E-state index contributed by atoms with van der Waals surface area (Å²) in [5.74, 6) is 1.77. The molecule has 0 aliphatic rings. The first-order valence-corrected chi connectivity index (χ1v) is 5.37. The topological polar surface area (TPSA) is 17.1 Å². The third-order valence-electron chi connectivity index (χ3n) is 2.59. The summed E-state index contributed by atoms with van der Waals surface area (Å²) >= 11 is 0. The number of hydrogen-bond donors (Lipinski definition) is 0. The van der Waals surface area contributed by atoms with E-state index < -0.39 is 0 Å². The normalized spacial score (nSPS) is 9.41. The average Bonchev–Trinajstić information content (AvgIpc) is 2.40. The molecule has 0 unspecified atom stereocenters. The van der Waals surface area contributed by atoms with Crippen LogP contribution in [0.15, 0.2) is 67.3 Å². The van der Waals surface area contributed by atoms with E-state index in [1.165, 1.54) is 6.08 Å². The van der Waals surface area contributed by atoms with E-state index in [0.29, 0.717) is 5.57 Å². The molecule has 0 amide bonds. The van der Waals surface area contributed by atoms with Gasteiger partial charge in [-0.15, -0.1) is 0 Å². The van der Waals surface area contributed by atoms with Crippen LogP contribution in [0.2, 0.25) is 0 Å². The largest absolute Gasteiger partial charge is 0.233 e. The third-order valence-corrected chi connectivity index (χ3v) is 2.59. The maximum atomic E-state index is 10.4. The minimum Gasteiger partial charge on any atom is -0.233 e. The van der Waals surface area contributed by atoms with Crippen molar-refractivity contribution in [2.24, 2.45) is 0 Å². The molecule has 1 heteroatoms. The molecule has 17 heavy (non-hydrogen) atoms. The lowest BCUT2D eigenvalue weighted by Crippen LogP contribution is -1.86. The minimum absolute atomic E-state index is 0.680. The third kappa shape index (κ3) is 2.41. The summed E-state index contributed by atoms with van der Waals surface area (Å²) in [6.45, 7) is 3.88. The van der Waals surface area contributed by atoms with Crippen molar-refractivity contribution in [2.45, 2.75) is 0 Å². The zero-order valence-corrected chi connectivity index (χ0v) is 9.39. The lowest BCUT2D eigenvalue weighted by atomic mass is 9.95. The number of rotatable bonds is 3.